The molecule has 1 aromatic heterocycles. The van der Waals surface area contributed by atoms with Crippen LogP contribution in [0.3, 0.4) is 0 Å². The minimum absolute atomic E-state index is 0. The minimum atomic E-state index is 0. The molecule has 0 saturated carbocycles. The summed E-state index contributed by atoms with van der Waals surface area (Å²) in [6, 6.07) is 0. The second kappa shape index (κ2) is 13.3. The van der Waals surface area contributed by atoms with Crippen LogP contribution in [-0.2, 0) is 17.6 Å². The van der Waals surface area contributed by atoms with Crippen LogP contribution >= 0.6 is 35.3 Å². The zero-order valence-corrected chi connectivity index (χ0v) is 19.8. The van der Waals surface area contributed by atoms with Crippen molar-refractivity contribution >= 4 is 47.2 Å². The summed E-state index contributed by atoms with van der Waals surface area (Å²) >= 11 is 1.79. The Morgan fingerprint density at radius 3 is 2.59 bits per heavy atom. The maximum Gasteiger partial charge on any atom is 0.219 e. The number of aryl methyl sites for hydroxylation is 1. The van der Waals surface area contributed by atoms with E-state index in [1.807, 2.05) is 11.1 Å². The molecule has 154 valence electrons. The molecule has 2 N–H and O–H groups in total. The number of aliphatic imine (C=N–C) groups is 1. The maximum atomic E-state index is 11.4. The largest absolute Gasteiger partial charge is 0.357 e. The molecule has 1 aliphatic rings. The predicted octanol–water partition coefficient (Wildman–Crippen LogP) is 1.59. The lowest BCUT2D eigenvalue weighted by molar-refractivity contribution is -0.130. The number of nitrogens with zero attached hydrogens (tertiary/aromatic N) is 4. The molecule has 7 nitrogen and oxygen atoms in total. The van der Waals surface area contributed by atoms with Crippen molar-refractivity contribution in [3.8, 4) is 0 Å². The number of hydrogen-bond donors (Lipinski definition) is 2. The van der Waals surface area contributed by atoms with E-state index >= 15 is 0 Å². The number of halogens is 1. The molecule has 0 radical (unpaired) electrons. The number of aromatic nitrogens is 1. The summed E-state index contributed by atoms with van der Waals surface area (Å²) in [6.07, 6.45) is 3.95. The van der Waals surface area contributed by atoms with Gasteiger partial charge in [0.1, 0.15) is 0 Å². The number of hydrogen-bond acceptors (Lipinski definition) is 5. The molecule has 9 heteroatoms. The number of piperazine rings is 1. The zero-order valence-electron chi connectivity index (χ0n) is 16.7. The Morgan fingerprint density at radius 1 is 1.26 bits per heavy atom. The molecule has 2 heterocycles. The number of carbonyl (C=O) groups excluding carboxylic acids is 1. The number of rotatable bonds is 8. The molecular weight excluding hydrogens is 475 g/mol. The summed E-state index contributed by atoms with van der Waals surface area (Å²) in [5, 5.41) is 7.86. The number of thiazole rings is 1. The van der Waals surface area contributed by atoms with Crippen LogP contribution in [0.1, 0.15) is 30.7 Å². The Hall–Kier alpha value is -0.940. The molecule has 27 heavy (non-hydrogen) atoms. The highest BCUT2D eigenvalue weighted by atomic mass is 127. The molecule has 0 bridgehead atoms. The van der Waals surface area contributed by atoms with Crippen LogP contribution in [0.4, 0.5) is 0 Å². The van der Waals surface area contributed by atoms with Gasteiger partial charge >= 0.3 is 0 Å². The standard InChI is InChI=1S/C18H32N6OS.HI/c1-4-16-14-22-17(26-16)6-7-20-18(19-5-2)21-8-9-23-10-12-24(13-11-23)15(3)25;/h14H,4-13H2,1-3H3,(H2,19,20,21);1H. The lowest BCUT2D eigenvalue weighted by atomic mass is 10.3. The van der Waals surface area contributed by atoms with Gasteiger partial charge < -0.3 is 15.5 Å². The third-order valence-electron chi connectivity index (χ3n) is 4.43. The second-order valence-electron chi connectivity index (χ2n) is 6.36. The fourth-order valence-electron chi connectivity index (χ4n) is 2.85. The van der Waals surface area contributed by atoms with Crippen molar-refractivity contribution in [1.29, 1.82) is 0 Å². The van der Waals surface area contributed by atoms with E-state index in [0.29, 0.717) is 0 Å². The number of amides is 1. The zero-order chi connectivity index (χ0) is 18.8. The third-order valence-corrected chi connectivity index (χ3v) is 5.63. The molecule has 2 rings (SSSR count). The van der Waals surface area contributed by atoms with Crippen LogP contribution in [0.2, 0.25) is 0 Å². The first kappa shape index (κ1) is 24.1. The van der Waals surface area contributed by atoms with Gasteiger partial charge in [-0.25, -0.2) is 4.98 Å². The van der Waals surface area contributed by atoms with E-state index in [-0.39, 0.29) is 29.9 Å². The molecule has 0 aromatic carbocycles. The first-order valence-corrected chi connectivity index (χ1v) is 10.4. The van der Waals surface area contributed by atoms with Crippen molar-refractivity contribution in [3.05, 3.63) is 16.1 Å². The number of carbonyl (C=O) groups is 1. The van der Waals surface area contributed by atoms with Gasteiger partial charge in [-0.2, -0.15) is 0 Å². The SMILES string of the molecule is CCNC(=NCCN1CCN(C(C)=O)CC1)NCCc1ncc(CC)s1.I. The van der Waals surface area contributed by atoms with E-state index in [9.17, 15) is 4.79 Å². The van der Waals surface area contributed by atoms with Gasteiger partial charge in [0.25, 0.3) is 0 Å². The monoisotopic (exact) mass is 508 g/mol. The Balaban J connectivity index is 0.00000364. The summed E-state index contributed by atoms with van der Waals surface area (Å²) in [4.78, 5) is 26.1. The van der Waals surface area contributed by atoms with E-state index in [1.54, 1.807) is 18.3 Å². The van der Waals surface area contributed by atoms with Crippen molar-refractivity contribution in [2.75, 3.05) is 52.4 Å². The quantitative estimate of drug-likeness (QED) is 0.317. The highest BCUT2D eigenvalue weighted by Crippen LogP contribution is 2.13. The smallest absolute Gasteiger partial charge is 0.219 e. The molecule has 1 aromatic rings. The summed E-state index contributed by atoms with van der Waals surface area (Å²) in [6.45, 7) is 12.8. The van der Waals surface area contributed by atoms with Gasteiger partial charge in [0.2, 0.25) is 5.91 Å². The maximum absolute atomic E-state index is 11.4. The van der Waals surface area contributed by atoms with Crippen LogP contribution in [0.15, 0.2) is 11.2 Å². The second-order valence-corrected chi connectivity index (χ2v) is 7.56. The van der Waals surface area contributed by atoms with Crippen LogP contribution in [0, 0.1) is 0 Å². The van der Waals surface area contributed by atoms with Crippen molar-refractivity contribution in [2.24, 2.45) is 4.99 Å². The Bertz CT molecular complexity index is 586. The van der Waals surface area contributed by atoms with Crippen molar-refractivity contribution in [3.63, 3.8) is 0 Å². The Morgan fingerprint density at radius 2 is 2.00 bits per heavy atom. The normalized spacial score (nSPS) is 15.4. The van der Waals surface area contributed by atoms with E-state index in [4.69, 9.17) is 0 Å². The van der Waals surface area contributed by atoms with Crippen LogP contribution in [0.5, 0.6) is 0 Å². The molecule has 0 aliphatic carbocycles. The molecule has 0 spiro atoms. The highest BCUT2D eigenvalue weighted by molar-refractivity contribution is 14.0. The van der Waals surface area contributed by atoms with Crippen LogP contribution < -0.4 is 10.6 Å². The first-order chi connectivity index (χ1) is 12.6. The molecular formula is C18H33IN6OS. The van der Waals surface area contributed by atoms with Crippen LogP contribution in [-0.4, -0.2) is 79.0 Å². The summed E-state index contributed by atoms with van der Waals surface area (Å²) in [5.74, 6) is 1.04. The van der Waals surface area contributed by atoms with Gasteiger partial charge in [0.15, 0.2) is 5.96 Å². The van der Waals surface area contributed by atoms with Gasteiger partial charge in [-0.05, 0) is 13.3 Å². The highest BCUT2D eigenvalue weighted by Gasteiger charge is 2.17. The first-order valence-electron chi connectivity index (χ1n) is 9.56. The summed E-state index contributed by atoms with van der Waals surface area (Å²) < 4.78 is 0. The van der Waals surface area contributed by atoms with Gasteiger partial charge in [0.05, 0.1) is 11.6 Å². The average molecular weight is 508 g/mol. The van der Waals surface area contributed by atoms with E-state index in [0.717, 1.165) is 71.2 Å². The topological polar surface area (TPSA) is 72.9 Å². The fraction of sp³-hybridized carbons (Fsp3) is 0.722. The molecule has 1 saturated heterocycles. The van der Waals surface area contributed by atoms with Crippen molar-refractivity contribution < 1.29 is 4.79 Å². The van der Waals surface area contributed by atoms with E-state index in [1.165, 1.54) is 9.88 Å². The predicted molar refractivity (Wildman–Crippen MR) is 123 cm³/mol. The van der Waals surface area contributed by atoms with Gasteiger partial charge in [-0.1, -0.05) is 6.92 Å². The van der Waals surface area contributed by atoms with Gasteiger partial charge in [-0.3, -0.25) is 14.7 Å². The molecule has 1 aliphatic heterocycles. The molecule has 0 atom stereocenters. The minimum Gasteiger partial charge on any atom is -0.357 e. The Labute approximate surface area is 184 Å². The van der Waals surface area contributed by atoms with E-state index < -0.39 is 0 Å². The third kappa shape index (κ3) is 8.73. The number of guanidine groups is 1. The van der Waals surface area contributed by atoms with Gasteiger partial charge in [-0.15, -0.1) is 35.3 Å². The van der Waals surface area contributed by atoms with E-state index in [2.05, 4.69) is 39.4 Å². The molecule has 1 amide bonds. The van der Waals surface area contributed by atoms with Crippen LogP contribution in [0.25, 0.3) is 0 Å². The lowest BCUT2D eigenvalue weighted by Crippen LogP contribution is -2.48. The Kier molecular flexibility index (Phi) is 11.8. The van der Waals surface area contributed by atoms with Gasteiger partial charge in [0, 0.05) is 70.2 Å². The number of nitrogens with one attached hydrogen (secondary N) is 2. The summed E-state index contributed by atoms with van der Waals surface area (Å²) in [7, 11) is 0. The fourth-order valence-corrected chi connectivity index (χ4v) is 3.71. The average Bonchev–Trinajstić information content (AvgIpc) is 3.10. The molecule has 1 fully saturated rings. The summed E-state index contributed by atoms with van der Waals surface area (Å²) in [5.41, 5.74) is 0. The molecule has 0 unspecified atom stereocenters. The van der Waals surface area contributed by atoms with Crippen molar-refractivity contribution in [1.82, 2.24) is 25.4 Å². The lowest BCUT2D eigenvalue weighted by Gasteiger charge is -2.33. The van der Waals surface area contributed by atoms with Crippen molar-refractivity contribution in [2.45, 2.75) is 33.6 Å².